The monoisotopic (exact) mass is 546 g/mol. The number of halogens is 2. The minimum absolute atomic E-state index is 0.0426. The molecule has 1 aliphatic heterocycles. The van der Waals surface area contributed by atoms with E-state index in [0.717, 1.165) is 16.9 Å². The van der Waals surface area contributed by atoms with Crippen LogP contribution < -0.4 is 10.2 Å². The van der Waals surface area contributed by atoms with Crippen LogP contribution in [0.5, 0.6) is 0 Å². The molecule has 1 aromatic heterocycles. The van der Waals surface area contributed by atoms with E-state index in [1.54, 1.807) is 18.2 Å². The van der Waals surface area contributed by atoms with Crippen molar-refractivity contribution >= 4 is 80.2 Å². The van der Waals surface area contributed by atoms with Crippen molar-refractivity contribution in [1.82, 2.24) is 5.32 Å². The van der Waals surface area contributed by atoms with Crippen LogP contribution in [0.15, 0.2) is 79.0 Å². The molecule has 0 bridgehead atoms. The van der Waals surface area contributed by atoms with Crippen molar-refractivity contribution in [3.8, 4) is 0 Å². The molecule has 0 radical (unpaired) electrons. The summed E-state index contributed by atoms with van der Waals surface area (Å²) in [6.45, 7) is 2.05. The van der Waals surface area contributed by atoms with Gasteiger partial charge in [0, 0.05) is 9.92 Å². The zero-order valence-corrected chi connectivity index (χ0v) is 20.7. The lowest BCUT2D eigenvalue weighted by Crippen LogP contribution is -2.54. The number of carbonyl (C=O) groups is 2. The summed E-state index contributed by atoms with van der Waals surface area (Å²) in [5.74, 6) is -0.718. The van der Waals surface area contributed by atoms with Crippen molar-refractivity contribution < 1.29 is 14.0 Å². The third-order valence-corrected chi connectivity index (χ3v) is 7.07. The molecule has 2 aromatic carbocycles. The Kier molecular flexibility index (Phi) is 6.85. The summed E-state index contributed by atoms with van der Waals surface area (Å²) in [4.78, 5) is 27.9. The Labute approximate surface area is 207 Å². The van der Waals surface area contributed by atoms with Gasteiger partial charge in [-0.05, 0) is 88.7 Å². The topological polar surface area (TPSA) is 62.6 Å². The molecule has 1 fully saturated rings. The Morgan fingerprint density at radius 3 is 2.50 bits per heavy atom. The maximum Gasteiger partial charge on any atom is 0.270 e. The van der Waals surface area contributed by atoms with Gasteiger partial charge in [0.15, 0.2) is 10.2 Å². The number of nitrogens with one attached hydrogen (secondary N) is 1. The van der Waals surface area contributed by atoms with Gasteiger partial charge in [0.1, 0.15) is 11.3 Å². The summed E-state index contributed by atoms with van der Waals surface area (Å²) in [7, 11) is 0. The summed E-state index contributed by atoms with van der Waals surface area (Å²) < 4.78 is 6.57. The Morgan fingerprint density at radius 1 is 1.16 bits per heavy atom. The van der Waals surface area contributed by atoms with Crippen molar-refractivity contribution in [1.29, 1.82) is 0 Å². The van der Waals surface area contributed by atoms with Gasteiger partial charge in [0.2, 0.25) is 0 Å². The summed E-state index contributed by atoms with van der Waals surface area (Å²) in [6.07, 6.45) is 2.30. The third-order valence-electron chi connectivity index (χ3n) is 4.69. The van der Waals surface area contributed by atoms with Crippen molar-refractivity contribution in [3.05, 3.63) is 81.0 Å². The molecule has 0 unspecified atom stereocenters. The molecule has 1 N–H and O–H groups in total. The maximum atomic E-state index is 13.2. The number of hydrogen-bond donors (Lipinski definition) is 1. The molecule has 32 heavy (non-hydrogen) atoms. The van der Waals surface area contributed by atoms with Crippen LogP contribution in [0.1, 0.15) is 18.2 Å². The van der Waals surface area contributed by atoms with E-state index in [4.69, 9.17) is 28.2 Å². The van der Waals surface area contributed by atoms with Crippen molar-refractivity contribution in [2.75, 3.05) is 4.90 Å². The van der Waals surface area contributed by atoms with Crippen LogP contribution >= 0.6 is 51.5 Å². The average molecular weight is 548 g/mol. The highest BCUT2D eigenvalue weighted by Crippen LogP contribution is 2.37. The van der Waals surface area contributed by atoms with E-state index in [-0.39, 0.29) is 10.7 Å². The van der Waals surface area contributed by atoms with Crippen molar-refractivity contribution in [3.63, 3.8) is 0 Å². The lowest BCUT2D eigenvalue weighted by molar-refractivity contribution is -0.122. The van der Waals surface area contributed by atoms with Gasteiger partial charge in [0.25, 0.3) is 11.8 Å². The molecular weight excluding hydrogens is 532 g/mol. The standard InChI is InChI=1S/C23H16BrClN2O3S2/c1-2-13-3-7-15(8-4-13)27-21(29)18(20(28)26-23(27)31)11-16-12-19(24)22(30-16)32-17-9-5-14(25)6-10-17/h3-12H,2H2,1H3,(H,26,28,31)/b18-11+. The van der Waals surface area contributed by atoms with Crippen LogP contribution in [-0.4, -0.2) is 16.9 Å². The van der Waals surface area contributed by atoms with Crippen LogP contribution in [0.25, 0.3) is 6.08 Å². The van der Waals surface area contributed by atoms with E-state index < -0.39 is 11.8 Å². The minimum atomic E-state index is -0.569. The fourth-order valence-electron chi connectivity index (χ4n) is 3.03. The fraction of sp³-hybridized carbons (Fsp3) is 0.0870. The van der Waals surface area contributed by atoms with Gasteiger partial charge < -0.3 is 4.42 Å². The molecule has 9 heteroatoms. The van der Waals surface area contributed by atoms with Gasteiger partial charge in [-0.25, -0.2) is 0 Å². The normalized spacial score (nSPS) is 15.4. The fourth-order valence-corrected chi connectivity index (χ4v) is 4.77. The van der Waals surface area contributed by atoms with Crippen molar-refractivity contribution in [2.45, 2.75) is 23.3 Å². The van der Waals surface area contributed by atoms with Crippen molar-refractivity contribution in [2.24, 2.45) is 0 Å². The molecule has 1 aliphatic rings. The first-order valence-electron chi connectivity index (χ1n) is 9.59. The van der Waals surface area contributed by atoms with Gasteiger partial charge in [-0.1, -0.05) is 42.4 Å². The smallest absolute Gasteiger partial charge is 0.270 e. The summed E-state index contributed by atoms with van der Waals surface area (Å²) in [5.41, 5.74) is 1.65. The number of aryl methyl sites for hydroxylation is 1. The van der Waals surface area contributed by atoms with E-state index in [1.165, 1.54) is 22.7 Å². The highest BCUT2D eigenvalue weighted by atomic mass is 79.9. The zero-order valence-electron chi connectivity index (χ0n) is 16.7. The highest BCUT2D eigenvalue weighted by Gasteiger charge is 2.34. The number of carbonyl (C=O) groups excluding carboxylic acids is 2. The van der Waals surface area contributed by atoms with E-state index >= 15 is 0 Å². The maximum absolute atomic E-state index is 13.2. The molecule has 4 rings (SSSR count). The Balaban J connectivity index is 1.62. The molecular formula is C23H16BrClN2O3S2. The number of amides is 2. The third kappa shape index (κ3) is 4.83. The lowest BCUT2D eigenvalue weighted by Gasteiger charge is -2.28. The Morgan fingerprint density at radius 2 is 1.84 bits per heavy atom. The number of furan rings is 1. The second-order valence-electron chi connectivity index (χ2n) is 6.82. The number of nitrogens with zero attached hydrogens (tertiary/aromatic N) is 1. The largest absolute Gasteiger partial charge is 0.449 e. The summed E-state index contributed by atoms with van der Waals surface area (Å²) in [5, 5.41) is 3.86. The molecule has 3 aromatic rings. The first kappa shape index (κ1) is 22.8. The van der Waals surface area contributed by atoms with E-state index in [0.29, 0.717) is 26.0 Å². The van der Waals surface area contributed by atoms with Gasteiger partial charge in [0.05, 0.1) is 10.2 Å². The van der Waals surface area contributed by atoms with E-state index in [9.17, 15) is 9.59 Å². The molecule has 0 atom stereocenters. The summed E-state index contributed by atoms with van der Waals surface area (Å²) in [6, 6.07) is 16.5. The van der Waals surface area contributed by atoms with Crippen LogP contribution in [0.2, 0.25) is 5.02 Å². The first-order valence-corrected chi connectivity index (χ1v) is 12.0. The molecule has 2 amide bonds. The molecule has 0 saturated carbocycles. The number of thiocarbonyl (C=S) groups is 1. The lowest BCUT2D eigenvalue weighted by atomic mass is 10.1. The zero-order chi connectivity index (χ0) is 22.8. The highest BCUT2D eigenvalue weighted by molar-refractivity contribution is 9.10. The molecule has 0 aliphatic carbocycles. The molecule has 1 saturated heterocycles. The number of hydrogen-bond acceptors (Lipinski definition) is 5. The van der Waals surface area contributed by atoms with Gasteiger partial charge >= 0.3 is 0 Å². The van der Waals surface area contributed by atoms with E-state index in [1.807, 2.05) is 43.3 Å². The summed E-state index contributed by atoms with van der Waals surface area (Å²) >= 11 is 16.0. The number of rotatable bonds is 5. The van der Waals surface area contributed by atoms with Gasteiger partial charge in [-0.3, -0.25) is 19.8 Å². The SMILES string of the molecule is CCc1ccc(N2C(=O)/C(=C/c3cc(Br)c(Sc4ccc(Cl)cc4)o3)C(=O)NC2=S)cc1. The number of anilines is 1. The second kappa shape index (κ2) is 9.62. The first-order chi connectivity index (χ1) is 15.4. The van der Waals surface area contributed by atoms with Crippen LogP contribution in [0.3, 0.4) is 0 Å². The number of benzene rings is 2. The Bertz CT molecular complexity index is 1240. The van der Waals surface area contributed by atoms with Gasteiger partial charge in [-0.2, -0.15) is 0 Å². The second-order valence-corrected chi connectivity index (χ2v) is 9.54. The van der Waals surface area contributed by atoms with Crippen LogP contribution in [0, 0.1) is 0 Å². The molecule has 2 heterocycles. The quantitative estimate of drug-likeness (QED) is 0.233. The minimum Gasteiger partial charge on any atom is -0.449 e. The average Bonchev–Trinajstić information content (AvgIpc) is 3.12. The van der Waals surface area contributed by atoms with Crippen LogP contribution in [-0.2, 0) is 16.0 Å². The van der Waals surface area contributed by atoms with Gasteiger partial charge in [-0.15, -0.1) is 0 Å². The Hall–Kier alpha value is -2.39. The molecule has 5 nitrogen and oxygen atoms in total. The van der Waals surface area contributed by atoms with E-state index in [2.05, 4.69) is 21.2 Å². The van der Waals surface area contributed by atoms with Crippen LogP contribution in [0.4, 0.5) is 5.69 Å². The predicted octanol–water partition coefficient (Wildman–Crippen LogP) is 6.24. The predicted molar refractivity (Wildman–Crippen MR) is 134 cm³/mol. The molecule has 162 valence electrons. The molecule has 0 spiro atoms.